The first-order chi connectivity index (χ1) is 14.5. The van der Waals surface area contributed by atoms with Crippen LogP contribution >= 0.6 is 11.6 Å². The summed E-state index contributed by atoms with van der Waals surface area (Å²) in [6, 6.07) is 9.74. The van der Waals surface area contributed by atoms with Crippen molar-refractivity contribution in [3.63, 3.8) is 0 Å². The van der Waals surface area contributed by atoms with Crippen molar-refractivity contribution in [3.8, 4) is 0 Å². The largest absolute Gasteiger partial charge is 0.369 e. The summed E-state index contributed by atoms with van der Waals surface area (Å²) in [7, 11) is 1.78. The van der Waals surface area contributed by atoms with Gasteiger partial charge >= 0.3 is 0 Å². The molecule has 1 aromatic carbocycles. The summed E-state index contributed by atoms with van der Waals surface area (Å²) in [5, 5.41) is 11.6. The van der Waals surface area contributed by atoms with Crippen LogP contribution in [0.15, 0.2) is 53.7 Å². The van der Waals surface area contributed by atoms with Crippen LogP contribution in [0.4, 0.5) is 5.69 Å². The molecule has 0 saturated carbocycles. The molecule has 8 nitrogen and oxygen atoms in total. The van der Waals surface area contributed by atoms with Gasteiger partial charge in [-0.05, 0) is 18.4 Å². The van der Waals surface area contributed by atoms with Gasteiger partial charge in [-0.25, -0.2) is 4.68 Å². The van der Waals surface area contributed by atoms with E-state index in [1.165, 1.54) is 4.68 Å². The van der Waals surface area contributed by atoms with E-state index in [1.54, 1.807) is 30.3 Å². The number of hydrogen-bond acceptors (Lipinski definition) is 5. The van der Waals surface area contributed by atoms with E-state index < -0.39 is 0 Å². The van der Waals surface area contributed by atoms with Crippen LogP contribution in [0, 0.1) is 0 Å². The third-order valence-electron chi connectivity index (χ3n) is 5.28. The molecule has 0 radical (unpaired) electrons. The number of anilines is 1. The summed E-state index contributed by atoms with van der Waals surface area (Å²) >= 11 is 6.41. The van der Waals surface area contributed by atoms with E-state index in [0.29, 0.717) is 30.9 Å². The SMILES string of the molecule is Cn1cc(C(=O)NC2CCN(c3cnn(Cc4ccccc4)c(=O)c3Cl)CC2)cn1. The molecule has 0 unspecified atom stereocenters. The second-order valence-electron chi connectivity index (χ2n) is 7.43. The van der Waals surface area contributed by atoms with Gasteiger partial charge in [0.15, 0.2) is 0 Å². The number of halogens is 1. The minimum absolute atomic E-state index is 0.0686. The normalized spacial score (nSPS) is 14.7. The first-order valence-electron chi connectivity index (χ1n) is 9.85. The van der Waals surface area contributed by atoms with Crippen molar-refractivity contribution in [3.05, 3.63) is 75.4 Å². The van der Waals surface area contributed by atoms with E-state index in [-0.39, 0.29) is 22.5 Å². The molecule has 1 fully saturated rings. The maximum absolute atomic E-state index is 12.7. The number of piperidine rings is 1. The quantitative estimate of drug-likeness (QED) is 0.675. The fourth-order valence-electron chi connectivity index (χ4n) is 3.62. The number of benzene rings is 1. The highest BCUT2D eigenvalue weighted by Crippen LogP contribution is 2.25. The Hall–Kier alpha value is -3.13. The molecule has 3 heterocycles. The summed E-state index contributed by atoms with van der Waals surface area (Å²) in [5.41, 5.74) is 1.88. The van der Waals surface area contributed by atoms with Crippen LogP contribution in [0.3, 0.4) is 0 Å². The van der Waals surface area contributed by atoms with Crippen molar-refractivity contribution in [2.75, 3.05) is 18.0 Å². The van der Waals surface area contributed by atoms with E-state index in [0.717, 1.165) is 18.4 Å². The monoisotopic (exact) mass is 426 g/mol. The number of nitrogens with zero attached hydrogens (tertiary/aromatic N) is 5. The Labute approximate surface area is 179 Å². The summed E-state index contributed by atoms with van der Waals surface area (Å²) < 4.78 is 2.98. The predicted molar refractivity (Wildman–Crippen MR) is 115 cm³/mol. The number of nitrogens with one attached hydrogen (secondary N) is 1. The van der Waals surface area contributed by atoms with Crippen LogP contribution in [0.2, 0.25) is 5.02 Å². The number of rotatable bonds is 5. The van der Waals surface area contributed by atoms with Crippen LogP contribution in [0.25, 0.3) is 0 Å². The molecule has 30 heavy (non-hydrogen) atoms. The number of hydrogen-bond donors (Lipinski definition) is 1. The van der Waals surface area contributed by atoms with Gasteiger partial charge in [-0.3, -0.25) is 14.3 Å². The van der Waals surface area contributed by atoms with Crippen molar-refractivity contribution >= 4 is 23.2 Å². The zero-order chi connectivity index (χ0) is 21.1. The van der Waals surface area contributed by atoms with E-state index in [2.05, 4.69) is 20.4 Å². The zero-order valence-corrected chi connectivity index (χ0v) is 17.4. The molecule has 1 N–H and O–H groups in total. The molecule has 2 aromatic heterocycles. The Kier molecular flexibility index (Phi) is 5.85. The lowest BCUT2D eigenvalue weighted by molar-refractivity contribution is 0.0931. The van der Waals surface area contributed by atoms with Gasteiger partial charge in [0.25, 0.3) is 11.5 Å². The Morgan fingerprint density at radius 3 is 2.57 bits per heavy atom. The number of aryl methyl sites for hydroxylation is 1. The first kappa shape index (κ1) is 20.2. The lowest BCUT2D eigenvalue weighted by atomic mass is 10.0. The molecule has 9 heteroatoms. The van der Waals surface area contributed by atoms with E-state index >= 15 is 0 Å². The molecule has 1 amide bonds. The minimum Gasteiger partial charge on any atom is -0.369 e. The first-order valence-corrected chi connectivity index (χ1v) is 10.2. The van der Waals surface area contributed by atoms with E-state index in [9.17, 15) is 9.59 Å². The Morgan fingerprint density at radius 2 is 1.90 bits per heavy atom. The molecule has 0 aliphatic carbocycles. The molecule has 1 aliphatic rings. The molecule has 1 aliphatic heterocycles. The fraction of sp³-hybridized carbons (Fsp3) is 0.333. The summed E-state index contributed by atoms with van der Waals surface area (Å²) in [5.74, 6) is -0.121. The van der Waals surface area contributed by atoms with Crippen LogP contribution in [0.5, 0.6) is 0 Å². The molecular formula is C21H23ClN6O2. The van der Waals surface area contributed by atoms with Crippen molar-refractivity contribution in [2.45, 2.75) is 25.4 Å². The van der Waals surface area contributed by atoms with Crippen molar-refractivity contribution in [1.82, 2.24) is 24.9 Å². The molecule has 0 atom stereocenters. The van der Waals surface area contributed by atoms with Crippen LogP contribution in [-0.2, 0) is 13.6 Å². The van der Waals surface area contributed by atoms with E-state index in [1.807, 2.05) is 30.3 Å². The lowest BCUT2D eigenvalue weighted by Crippen LogP contribution is -2.45. The van der Waals surface area contributed by atoms with Gasteiger partial charge in [-0.1, -0.05) is 41.9 Å². The lowest BCUT2D eigenvalue weighted by Gasteiger charge is -2.34. The third kappa shape index (κ3) is 4.38. The number of carbonyl (C=O) groups is 1. The van der Waals surface area contributed by atoms with Gasteiger partial charge in [0.05, 0.1) is 30.2 Å². The van der Waals surface area contributed by atoms with Crippen LogP contribution in [0.1, 0.15) is 28.8 Å². The Bertz CT molecular complexity index is 1090. The predicted octanol–water partition coefficient (Wildman–Crippen LogP) is 2.08. The van der Waals surface area contributed by atoms with E-state index in [4.69, 9.17) is 11.6 Å². The van der Waals surface area contributed by atoms with Gasteiger partial charge in [0.2, 0.25) is 0 Å². The highest BCUT2D eigenvalue weighted by molar-refractivity contribution is 6.33. The van der Waals surface area contributed by atoms with Gasteiger partial charge < -0.3 is 10.2 Å². The third-order valence-corrected chi connectivity index (χ3v) is 5.63. The number of carbonyl (C=O) groups excluding carboxylic acids is 1. The average Bonchev–Trinajstić information content (AvgIpc) is 3.20. The van der Waals surface area contributed by atoms with Crippen LogP contribution in [-0.4, -0.2) is 44.6 Å². The van der Waals surface area contributed by atoms with Gasteiger partial charge in [-0.15, -0.1) is 0 Å². The summed E-state index contributed by atoms with van der Waals surface area (Å²) in [6.07, 6.45) is 6.42. The smallest absolute Gasteiger partial charge is 0.287 e. The summed E-state index contributed by atoms with van der Waals surface area (Å²) in [4.78, 5) is 27.0. The average molecular weight is 427 g/mol. The minimum atomic E-state index is -0.301. The van der Waals surface area contributed by atoms with Crippen LogP contribution < -0.4 is 15.8 Å². The van der Waals surface area contributed by atoms with Gasteiger partial charge in [0, 0.05) is 32.4 Å². The molecular weight excluding hydrogens is 404 g/mol. The molecule has 0 bridgehead atoms. The molecule has 3 aromatic rings. The Morgan fingerprint density at radius 1 is 1.17 bits per heavy atom. The maximum Gasteiger partial charge on any atom is 0.287 e. The molecule has 0 spiro atoms. The van der Waals surface area contributed by atoms with Crippen molar-refractivity contribution in [1.29, 1.82) is 0 Å². The highest BCUT2D eigenvalue weighted by atomic mass is 35.5. The zero-order valence-electron chi connectivity index (χ0n) is 16.7. The second kappa shape index (κ2) is 8.71. The second-order valence-corrected chi connectivity index (χ2v) is 7.81. The number of aromatic nitrogens is 4. The standard InChI is InChI=1S/C21H23ClN6O2/c1-26-14-16(11-23-26)20(29)25-17-7-9-27(10-8-17)18-12-24-28(21(30)19(18)22)13-15-5-3-2-4-6-15/h2-6,11-12,14,17H,7-10,13H2,1H3,(H,25,29). The maximum atomic E-state index is 12.7. The number of amides is 1. The highest BCUT2D eigenvalue weighted by Gasteiger charge is 2.24. The molecule has 156 valence electrons. The topological polar surface area (TPSA) is 85.0 Å². The summed E-state index contributed by atoms with van der Waals surface area (Å²) in [6.45, 7) is 1.74. The molecule has 1 saturated heterocycles. The Balaban J connectivity index is 1.39. The van der Waals surface area contributed by atoms with Gasteiger partial charge in [-0.2, -0.15) is 10.2 Å². The fourth-order valence-corrected chi connectivity index (χ4v) is 3.88. The van der Waals surface area contributed by atoms with Crippen molar-refractivity contribution < 1.29 is 4.79 Å². The van der Waals surface area contributed by atoms with Gasteiger partial charge in [0.1, 0.15) is 5.02 Å². The molecule has 4 rings (SSSR count). The van der Waals surface area contributed by atoms with Crippen molar-refractivity contribution in [2.24, 2.45) is 7.05 Å².